The van der Waals surface area contributed by atoms with Gasteiger partial charge in [-0.15, -0.1) is 0 Å². The molecule has 7 nitrogen and oxygen atoms in total. The van der Waals surface area contributed by atoms with E-state index in [0.29, 0.717) is 18.3 Å². The van der Waals surface area contributed by atoms with Crippen molar-refractivity contribution in [1.82, 2.24) is 9.97 Å². The number of benzene rings is 3. The van der Waals surface area contributed by atoms with Crippen molar-refractivity contribution in [2.45, 2.75) is 20.8 Å². The quantitative estimate of drug-likeness (QED) is 0.252. The third kappa shape index (κ3) is 4.31. The molecule has 182 valence electrons. The Hall–Kier alpha value is -4.52. The van der Waals surface area contributed by atoms with Gasteiger partial charge in [0.05, 0.1) is 31.0 Å². The third-order valence-corrected chi connectivity index (χ3v) is 6.14. The zero-order valence-corrected chi connectivity index (χ0v) is 20.6. The summed E-state index contributed by atoms with van der Waals surface area (Å²) in [6.07, 6.45) is 3.32. The first-order valence-corrected chi connectivity index (χ1v) is 11.7. The summed E-state index contributed by atoms with van der Waals surface area (Å²) in [6, 6.07) is 17.5. The van der Waals surface area contributed by atoms with Gasteiger partial charge in [-0.3, -0.25) is 10.1 Å². The topological polar surface area (TPSA) is 89.4 Å². The number of furan rings is 1. The molecule has 0 saturated carbocycles. The molecule has 36 heavy (non-hydrogen) atoms. The number of hydrogen-bond donors (Lipinski definition) is 2. The molecule has 2 N–H and O–H groups in total. The fourth-order valence-corrected chi connectivity index (χ4v) is 4.37. The van der Waals surface area contributed by atoms with Crippen LogP contribution in [0.3, 0.4) is 0 Å². The number of aryl methyl sites for hydroxylation is 1. The first kappa shape index (κ1) is 23.2. The maximum atomic E-state index is 12.9. The Balaban J connectivity index is 1.53. The number of ether oxygens (including phenoxy) is 2. The molecule has 0 spiro atoms. The van der Waals surface area contributed by atoms with Crippen molar-refractivity contribution < 1.29 is 18.7 Å². The van der Waals surface area contributed by atoms with Crippen LogP contribution in [0.5, 0.6) is 11.5 Å². The molecular formula is C29H27N3O4. The van der Waals surface area contributed by atoms with Crippen LogP contribution in [-0.2, 0) is 4.79 Å². The second kappa shape index (κ2) is 9.62. The third-order valence-electron chi connectivity index (χ3n) is 6.14. The number of methoxy groups -OCH3 is 1. The van der Waals surface area contributed by atoms with Crippen LogP contribution in [0.2, 0.25) is 0 Å². The highest BCUT2D eigenvalue weighted by molar-refractivity contribution is 6.05. The second-order valence-electron chi connectivity index (χ2n) is 8.48. The number of carbonyl (C=O) groups is 1. The summed E-state index contributed by atoms with van der Waals surface area (Å²) in [6.45, 7) is 6.30. The van der Waals surface area contributed by atoms with Crippen LogP contribution in [0.25, 0.3) is 38.7 Å². The molecule has 5 rings (SSSR count). The molecule has 0 atom stereocenters. The highest BCUT2D eigenvalue weighted by Crippen LogP contribution is 2.41. The number of hydrogen-bond acceptors (Lipinski definition) is 5. The average molecular weight is 482 g/mol. The van der Waals surface area contributed by atoms with Gasteiger partial charge in [-0.25, -0.2) is 4.98 Å². The van der Waals surface area contributed by atoms with Crippen molar-refractivity contribution in [2.75, 3.05) is 19.0 Å². The van der Waals surface area contributed by atoms with Gasteiger partial charge in [0.1, 0.15) is 17.1 Å². The fraction of sp³-hybridized carbons (Fsp3) is 0.172. The Labute approximate surface area is 208 Å². The van der Waals surface area contributed by atoms with Gasteiger partial charge in [0.15, 0.2) is 0 Å². The fourth-order valence-electron chi connectivity index (χ4n) is 4.37. The Morgan fingerprint density at radius 3 is 2.67 bits per heavy atom. The van der Waals surface area contributed by atoms with Crippen LogP contribution in [0, 0.1) is 6.92 Å². The first-order chi connectivity index (χ1) is 17.5. The number of imidazole rings is 1. The van der Waals surface area contributed by atoms with Crippen LogP contribution >= 0.6 is 0 Å². The number of aromatic amines is 1. The van der Waals surface area contributed by atoms with Gasteiger partial charge in [-0.05, 0) is 62.2 Å². The van der Waals surface area contributed by atoms with Gasteiger partial charge in [-0.2, -0.15) is 0 Å². The van der Waals surface area contributed by atoms with Gasteiger partial charge in [0.25, 0.3) is 5.91 Å². The second-order valence-corrected chi connectivity index (χ2v) is 8.48. The summed E-state index contributed by atoms with van der Waals surface area (Å²) in [5.41, 5.74) is 6.85. The minimum absolute atomic E-state index is 0.283. The number of allylic oxidation sites excluding steroid dienone is 1. The molecule has 0 radical (unpaired) electrons. The number of rotatable bonds is 7. The minimum atomic E-state index is -0.283. The largest absolute Gasteiger partial charge is 0.497 e. The number of aromatic nitrogens is 2. The lowest BCUT2D eigenvalue weighted by Gasteiger charge is -2.15. The van der Waals surface area contributed by atoms with Crippen molar-refractivity contribution in [3.05, 3.63) is 78.1 Å². The summed E-state index contributed by atoms with van der Waals surface area (Å²) < 4.78 is 17.3. The normalized spacial score (nSPS) is 11.7. The molecule has 0 bridgehead atoms. The maximum absolute atomic E-state index is 12.9. The van der Waals surface area contributed by atoms with Crippen LogP contribution in [0.4, 0.5) is 5.95 Å². The van der Waals surface area contributed by atoms with Gasteiger partial charge in [0, 0.05) is 28.2 Å². The average Bonchev–Trinajstić information content (AvgIpc) is 3.49. The van der Waals surface area contributed by atoms with Crippen molar-refractivity contribution >= 4 is 39.4 Å². The molecule has 0 aliphatic heterocycles. The van der Waals surface area contributed by atoms with E-state index in [2.05, 4.69) is 15.3 Å². The molecule has 0 fully saturated rings. The monoisotopic (exact) mass is 481 g/mol. The molecule has 0 aliphatic carbocycles. The van der Waals surface area contributed by atoms with Crippen LogP contribution < -0.4 is 14.8 Å². The smallest absolute Gasteiger partial charge is 0.250 e. The zero-order chi connectivity index (χ0) is 25.2. The zero-order valence-electron chi connectivity index (χ0n) is 20.6. The lowest BCUT2D eigenvalue weighted by molar-refractivity contribution is -0.111. The van der Waals surface area contributed by atoms with Crippen molar-refractivity contribution in [3.63, 3.8) is 0 Å². The molecule has 7 heteroatoms. The lowest BCUT2D eigenvalue weighted by atomic mass is 9.96. The van der Waals surface area contributed by atoms with E-state index >= 15 is 0 Å². The van der Waals surface area contributed by atoms with E-state index < -0.39 is 0 Å². The van der Waals surface area contributed by atoms with Gasteiger partial charge < -0.3 is 18.9 Å². The lowest BCUT2D eigenvalue weighted by Crippen LogP contribution is -2.10. The van der Waals surface area contributed by atoms with Crippen LogP contribution in [0.1, 0.15) is 25.0 Å². The highest BCUT2D eigenvalue weighted by Gasteiger charge is 2.19. The van der Waals surface area contributed by atoms with E-state index in [1.165, 1.54) is 0 Å². The predicted octanol–water partition coefficient (Wildman–Crippen LogP) is 6.73. The van der Waals surface area contributed by atoms with E-state index in [9.17, 15) is 4.79 Å². The number of H-pyrrole nitrogens is 1. The molecule has 2 aromatic heterocycles. The van der Waals surface area contributed by atoms with Crippen LogP contribution in [0.15, 0.2) is 71.4 Å². The standard InChI is InChI=1S/C29H27N3O4/c1-5-35-27-18(3)28-22(23(16-36-28)19-10-12-20(34-4)13-11-19)15-21(27)17(2)14-26(33)32-29-30-24-8-6-7-9-25(24)31-29/h6-16H,5H2,1-4H3,(H2,30,31,32,33)/b17-14+. The number of nitrogens with one attached hydrogen (secondary N) is 2. The van der Waals surface area contributed by atoms with Crippen molar-refractivity contribution in [1.29, 1.82) is 0 Å². The summed E-state index contributed by atoms with van der Waals surface area (Å²) in [7, 11) is 1.65. The van der Waals surface area contributed by atoms with E-state index in [1.54, 1.807) is 19.4 Å². The van der Waals surface area contributed by atoms with E-state index in [-0.39, 0.29) is 5.91 Å². The van der Waals surface area contributed by atoms with Gasteiger partial charge >= 0.3 is 0 Å². The Morgan fingerprint density at radius 1 is 1.17 bits per heavy atom. The molecule has 0 saturated heterocycles. The van der Waals surface area contributed by atoms with E-state index in [0.717, 1.165) is 55.6 Å². The predicted molar refractivity (Wildman–Crippen MR) is 142 cm³/mol. The van der Waals surface area contributed by atoms with Gasteiger partial charge in [0.2, 0.25) is 5.95 Å². The summed E-state index contributed by atoms with van der Waals surface area (Å²) in [4.78, 5) is 20.4. The summed E-state index contributed by atoms with van der Waals surface area (Å²) in [5, 5.41) is 3.77. The number of carbonyl (C=O) groups excluding carboxylic acids is 1. The molecule has 3 aromatic carbocycles. The van der Waals surface area contributed by atoms with E-state index in [4.69, 9.17) is 13.9 Å². The van der Waals surface area contributed by atoms with Crippen molar-refractivity contribution in [2.24, 2.45) is 0 Å². The number of nitrogens with zero attached hydrogens (tertiary/aromatic N) is 1. The Kier molecular flexibility index (Phi) is 6.21. The number of fused-ring (bicyclic) bond motifs is 2. The minimum Gasteiger partial charge on any atom is -0.497 e. The van der Waals surface area contributed by atoms with E-state index in [1.807, 2.05) is 75.4 Å². The van der Waals surface area contributed by atoms with Crippen molar-refractivity contribution in [3.8, 4) is 22.6 Å². The molecule has 0 aliphatic rings. The van der Waals surface area contributed by atoms with Gasteiger partial charge in [-0.1, -0.05) is 24.3 Å². The number of para-hydroxylation sites is 2. The Morgan fingerprint density at radius 2 is 1.94 bits per heavy atom. The van der Waals surface area contributed by atoms with Crippen LogP contribution in [-0.4, -0.2) is 29.6 Å². The molecule has 5 aromatic rings. The number of anilines is 1. The maximum Gasteiger partial charge on any atom is 0.250 e. The number of amides is 1. The summed E-state index contributed by atoms with van der Waals surface area (Å²) in [5.74, 6) is 1.61. The highest BCUT2D eigenvalue weighted by atomic mass is 16.5. The first-order valence-electron chi connectivity index (χ1n) is 11.7. The molecule has 0 unspecified atom stereocenters. The summed E-state index contributed by atoms with van der Waals surface area (Å²) >= 11 is 0. The molecule has 1 amide bonds. The SMILES string of the molecule is CCOc1c(/C(C)=C/C(=O)Nc2nc3ccccc3[nH]2)cc2c(-c3ccc(OC)cc3)coc2c1C. The molecule has 2 heterocycles. The molecular weight excluding hydrogens is 454 g/mol. The Bertz CT molecular complexity index is 1560.